The summed E-state index contributed by atoms with van der Waals surface area (Å²) < 4.78 is 10.8. The van der Waals surface area contributed by atoms with E-state index in [1.54, 1.807) is 0 Å². The molecule has 0 aliphatic heterocycles. The fourth-order valence-corrected chi connectivity index (χ4v) is 6.57. The van der Waals surface area contributed by atoms with Crippen molar-refractivity contribution in [3.05, 3.63) is 132 Å². The number of benzene rings is 4. The maximum absolute atomic E-state index is 6.52. The van der Waals surface area contributed by atoms with E-state index in [-0.39, 0.29) is 31.9 Å². The van der Waals surface area contributed by atoms with Crippen LogP contribution in [0.1, 0.15) is 71.8 Å². The van der Waals surface area contributed by atoms with E-state index < -0.39 is 0 Å². The van der Waals surface area contributed by atoms with Crippen molar-refractivity contribution < 1.29 is 25.8 Å². The molecule has 250 valence electrons. The van der Waals surface area contributed by atoms with Crippen LogP contribution in [0.2, 0.25) is 0 Å². The molecule has 7 rings (SSSR count). The maximum atomic E-state index is 6.52. The average molecular weight is 826 g/mol. The molecular weight excluding hydrogens is 784 g/mol. The normalized spacial score (nSPS) is 12.0. The van der Waals surface area contributed by atoms with Crippen molar-refractivity contribution in [3.63, 3.8) is 0 Å². The number of fused-ring (bicyclic) bond motifs is 3. The summed E-state index contributed by atoms with van der Waals surface area (Å²) in [6.45, 7) is 15.6. The van der Waals surface area contributed by atoms with E-state index in [1.807, 2.05) is 24.4 Å². The standard InChI is InChI=1S/C43H42N4O.Pt/c1-8-15-36-40(29-16-10-9-11-17-29)41(43(5,6)7)47(45-36)31-18-14-19-32(27-31)48-33-22-23-35-34-20-12-13-21-37(34)46(38(35)28-33)39-26-30(24-25-44-39)42(2,3)4;/h9-14,16-26H,8,15H2,1-7H3;/q-2;+2. The largest absolute Gasteiger partial charge is 2.00 e. The Morgan fingerprint density at radius 3 is 2.20 bits per heavy atom. The monoisotopic (exact) mass is 825 g/mol. The average Bonchev–Trinajstić information content (AvgIpc) is 3.61. The summed E-state index contributed by atoms with van der Waals surface area (Å²) in [6.07, 6.45) is 3.80. The molecule has 3 heterocycles. The van der Waals surface area contributed by atoms with Crippen molar-refractivity contribution in [1.29, 1.82) is 0 Å². The molecule has 0 aliphatic rings. The van der Waals surface area contributed by atoms with Gasteiger partial charge >= 0.3 is 21.1 Å². The second-order valence-electron chi connectivity index (χ2n) is 14.5. The quantitative estimate of drug-likeness (QED) is 0.150. The number of aryl methyl sites for hydroxylation is 1. The van der Waals surface area contributed by atoms with Gasteiger partial charge in [-0.3, -0.25) is 4.68 Å². The van der Waals surface area contributed by atoms with Crippen molar-refractivity contribution in [1.82, 2.24) is 19.3 Å². The molecule has 0 fully saturated rings. The summed E-state index contributed by atoms with van der Waals surface area (Å²) >= 11 is 0. The third-order valence-corrected chi connectivity index (χ3v) is 8.82. The van der Waals surface area contributed by atoms with Crippen molar-refractivity contribution >= 4 is 21.8 Å². The van der Waals surface area contributed by atoms with Crippen LogP contribution in [0.25, 0.3) is 44.4 Å². The summed E-state index contributed by atoms with van der Waals surface area (Å²) in [5.41, 5.74) is 8.55. The Labute approximate surface area is 304 Å². The number of hydrogen-bond acceptors (Lipinski definition) is 3. The number of ether oxygens (including phenoxy) is 1. The minimum Gasteiger partial charge on any atom is -0.509 e. The molecule has 0 spiro atoms. The Kier molecular flexibility index (Phi) is 9.44. The van der Waals surface area contributed by atoms with E-state index in [0.29, 0.717) is 11.5 Å². The van der Waals surface area contributed by atoms with Crippen LogP contribution in [0.5, 0.6) is 11.5 Å². The Morgan fingerprint density at radius 1 is 0.735 bits per heavy atom. The summed E-state index contributed by atoms with van der Waals surface area (Å²) in [5.74, 6) is 2.08. The molecule has 0 atom stereocenters. The van der Waals surface area contributed by atoms with Crippen LogP contribution < -0.4 is 4.74 Å². The fourth-order valence-electron chi connectivity index (χ4n) is 6.57. The molecule has 0 unspecified atom stereocenters. The first kappa shape index (κ1) is 34.4. The first-order valence-electron chi connectivity index (χ1n) is 16.8. The summed E-state index contributed by atoms with van der Waals surface area (Å²) in [6, 6.07) is 40.6. The summed E-state index contributed by atoms with van der Waals surface area (Å²) in [5, 5.41) is 7.46. The minimum atomic E-state index is -0.167. The van der Waals surface area contributed by atoms with Gasteiger partial charge in [0.15, 0.2) is 0 Å². The number of rotatable bonds is 7. The summed E-state index contributed by atoms with van der Waals surface area (Å²) in [4.78, 5) is 4.81. The van der Waals surface area contributed by atoms with Crippen molar-refractivity contribution in [2.45, 2.75) is 72.1 Å². The molecule has 0 N–H and O–H groups in total. The topological polar surface area (TPSA) is 44.9 Å². The van der Waals surface area contributed by atoms with E-state index in [4.69, 9.17) is 14.8 Å². The predicted octanol–water partition coefficient (Wildman–Crippen LogP) is 11.0. The fraction of sp³-hybridized carbons (Fsp3) is 0.256. The van der Waals surface area contributed by atoms with Crippen LogP contribution in [0.4, 0.5) is 0 Å². The van der Waals surface area contributed by atoms with E-state index in [1.165, 1.54) is 16.7 Å². The Bertz CT molecular complexity index is 2250. The molecule has 0 saturated carbocycles. The molecule has 0 aliphatic carbocycles. The molecule has 0 bridgehead atoms. The molecule has 7 aromatic rings. The van der Waals surface area contributed by atoms with Crippen LogP contribution in [0, 0.1) is 12.1 Å². The van der Waals surface area contributed by atoms with Crippen LogP contribution in [0.15, 0.2) is 103 Å². The Balaban J connectivity index is 0.00000417. The number of hydrogen-bond donors (Lipinski definition) is 0. The summed E-state index contributed by atoms with van der Waals surface area (Å²) in [7, 11) is 0. The first-order valence-corrected chi connectivity index (χ1v) is 16.8. The maximum Gasteiger partial charge on any atom is 2.00 e. The number of aromatic nitrogens is 4. The van der Waals surface area contributed by atoms with Gasteiger partial charge in [-0.05, 0) is 52.2 Å². The van der Waals surface area contributed by atoms with Gasteiger partial charge in [0.05, 0.1) is 11.4 Å². The molecule has 3 aromatic heterocycles. The predicted molar refractivity (Wildman–Crippen MR) is 197 cm³/mol. The van der Waals surface area contributed by atoms with E-state index in [9.17, 15) is 0 Å². The molecule has 0 amide bonds. The van der Waals surface area contributed by atoms with E-state index in [0.717, 1.165) is 57.5 Å². The van der Waals surface area contributed by atoms with Gasteiger partial charge in [-0.2, -0.15) is 17.2 Å². The number of nitrogens with zero attached hydrogens (tertiary/aromatic N) is 4. The molecule has 49 heavy (non-hydrogen) atoms. The molecule has 6 heteroatoms. The molecule has 0 saturated heterocycles. The van der Waals surface area contributed by atoms with Crippen molar-refractivity contribution in [2.24, 2.45) is 0 Å². The third-order valence-electron chi connectivity index (χ3n) is 8.82. The van der Waals surface area contributed by atoms with Gasteiger partial charge in [-0.25, -0.2) is 4.98 Å². The van der Waals surface area contributed by atoms with E-state index >= 15 is 0 Å². The van der Waals surface area contributed by atoms with Gasteiger partial charge in [-0.15, -0.1) is 35.7 Å². The van der Waals surface area contributed by atoms with Gasteiger partial charge in [0.2, 0.25) is 0 Å². The molecule has 5 nitrogen and oxygen atoms in total. The van der Waals surface area contributed by atoms with Crippen molar-refractivity contribution in [2.75, 3.05) is 0 Å². The van der Waals surface area contributed by atoms with Gasteiger partial charge in [0.1, 0.15) is 5.82 Å². The van der Waals surface area contributed by atoms with E-state index in [2.05, 4.69) is 149 Å². The Morgan fingerprint density at radius 2 is 1.47 bits per heavy atom. The first-order chi connectivity index (χ1) is 23.0. The second kappa shape index (κ2) is 13.4. The number of pyridine rings is 1. The molecule has 4 aromatic carbocycles. The number of para-hydroxylation sites is 1. The van der Waals surface area contributed by atoms with Gasteiger partial charge in [0.25, 0.3) is 0 Å². The van der Waals surface area contributed by atoms with Gasteiger partial charge in [-0.1, -0.05) is 109 Å². The Hall–Kier alpha value is -4.47. The zero-order valence-electron chi connectivity index (χ0n) is 29.2. The molecule has 0 radical (unpaired) electrons. The zero-order chi connectivity index (χ0) is 33.6. The van der Waals surface area contributed by atoms with Gasteiger partial charge in [0, 0.05) is 34.2 Å². The molecular formula is C43H42N4OPt. The van der Waals surface area contributed by atoms with Crippen LogP contribution in [0.3, 0.4) is 0 Å². The van der Waals surface area contributed by atoms with Crippen LogP contribution >= 0.6 is 0 Å². The van der Waals surface area contributed by atoms with Gasteiger partial charge < -0.3 is 9.30 Å². The zero-order valence-corrected chi connectivity index (χ0v) is 31.5. The second-order valence-corrected chi connectivity index (χ2v) is 14.5. The van der Waals surface area contributed by atoms with Crippen molar-refractivity contribution in [3.8, 4) is 34.1 Å². The SMILES string of the molecule is CCCc1nn(-c2[c-]c(Oc3[c-]c4c(cc3)c3ccccc3n4-c3cc(C(C)(C)C)ccn3)ccc2)c(C(C)(C)C)c1-c1ccccc1.[Pt+2]. The van der Waals surface area contributed by atoms with Crippen LogP contribution in [-0.4, -0.2) is 19.3 Å². The minimum absolute atomic E-state index is 0. The third kappa shape index (κ3) is 6.62. The van der Waals surface area contributed by atoms with Crippen LogP contribution in [-0.2, 0) is 38.3 Å². The smallest absolute Gasteiger partial charge is 0.509 e.